The second-order valence-electron chi connectivity index (χ2n) is 7.30. The fourth-order valence-electron chi connectivity index (χ4n) is 3.17. The summed E-state index contributed by atoms with van der Waals surface area (Å²) in [6.07, 6.45) is 6.02. The van der Waals surface area contributed by atoms with Gasteiger partial charge >= 0.3 is 0 Å². The minimum absolute atomic E-state index is 0.0535. The molecule has 2 N–H and O–H groups in total. The molecule has 6 heteroatoms. The zero-order chi connectivity index (χ0) is 17.3. The zero-order valence-electron chi connectivity index (χ0n) is 14.3. The van der Waals surface area contributed by atoms with Gasteiger partial charge in [0, 0.05) is 17.6 Å². The Hall–Kier alpha value is -1.40. The van der Waals surface area contributed by atoms with Gasteiger partial charge in [-0.05, 0) is 69.1 Å². The molecule has 3 rings (SSSR count). The summed E-state index contributed by atoms with van der Waals surface area (Å²) in [5, 5.41) is 3.07. The number of benzene rings is 1. The topological polar surface area (TPSA) is 75.3 Å². The second kappa shape index (κ2) is 6.84. The monoisotopic (exact) mass is 350 g/mol. The summed E-state index contributed by atoms with van der Waals surface area (Å²) in [5.41, 5.74) is 1.24. The lowest BCUT2D eigenvalue weighted by atomic mass is 9.87. The lowest BCUT2D eigenvalue weighted by molar-refractivity contribution is 0.0922. The summed E-state index contributed by atoms with van der Waals surface area (Å²) in [6, 6.07) is 5.02. The number of hydrogen-bond acceptors (Lipinski definition) is 3. The molecule has 2 saturated carbocycles. The van der Waals surface area contributed by atoms with Crippen LogP contribution < -0.4 is 10.0 Å². The van der Waals surface area contributed by atoms with Crippen molar-refractivity contribution in [2.45, 2.75) is 69.4 Å². The van der Waals surface area contributed by atoms with Crippen molar-refractivity contribution in [2.75, 3.05) is 0 Å². The molecule has 0 radical (unpaired) electrons. The van der Waals surface area contributed by atoms with E-state index in [0.29, 0.717) is 5.56 Å². The standard InChI is InChI=1S/C18H26N2O3S/c1-12-3-6-14(7-4-12)19-18(21)17-11-16(10-5-13(17)2)24(22,23)20-15-8-9-15/h5,10-12,14-15,20H,3-4,6-9H2,1-2H3,(H,19,21). The smallest absolute Gasteiger partial charge is 0.251 e. The fourth-order valence-corrected chi connectivity index (χ4v) is 4.50. The van der Waals surface area contributed by atoms with Crippen molar-refractivity contribution in [2.24, 2.45) is 5.92 Å². The molecular weight excluding hydrogens is 324 g/mol. The van der Waals surface area contributed by atoms with E-state index in [1.807, 2.05) is 6.92 Å². The number of nitrogens with one attached hydrogen (secondary N) is 2. The van der Waals surface area contributed by atoms with Gasteiger partial charge in [0.15, 0.2) is 0 Å². The molecule has 2 aliphatic carbocycles. The summed E-state index contributed by atoms with van der Waals surface area (Å²) in [4.78, 5) is 12.8. The molecule has 0 heterocycles. The van der Waals surface area contributed by atoms with Crippen LogP contribution in [0, 0.1) is 12.8 Å². The molecule has 0 saturated heterocycles. The Morgan fingerprint density at radius 2 is 1.67 bits per heavy atom. The maximum Gasteiger partial charge on any atom is 0.251 e. The van der Waals surface area contributed by atoms with Crippen molar-refractivity contribution in [3.8, 4) is 0 Å². The van der Waals surface area contributed by atoms with Crippen molar-refractivity contribution in [1.82, 2.24) is 10.0 Å². The van der Waals surface area contributed by atoms with E-state index in [1.165, 1.54) is 6.07 Å². The molecule has 5 nitrogen and oxygen atoms in total. The number of rotatable bonds is 5. The van der Waals surface area contributed by atoms with Gasteiger partial charge < -0.3 is 5.32 Å². The number of carbonyl (C=O) groups is 1. The molecule has 1 aromatic rings. The number of hydrogen-bond donors (Lipinski definition) is 2. The van der Waals surface area contributed by atoms with Crippen molar-refractivity contribution in [1.29, 1.82) is 0 Å². The van der Waals surface area contributed by atoms with E-state index in [2.05, 4.69) is 17.0 Å². The van der Waals surface area contributed by atoms with E-state index in [9.17, 15) is 13.2 Å². The predicted molar refractivity (Wildman–Crippen MR) is 93.4 cm³/mol. The molecular formula is C18H26N2O3S. The van der Waals surface area contributed by atoms with Crippen LogP contribution in [-0.4, -0.2) is 26.4 Å². The number of amides is 1. The highest BCUT2D eigenvalue weighted by atomic mass is 32.2. The first kappa shape index (κ1) is 17.4. The molecule has 2 fully saturated rings. The van der Waals surface area contributed by atoms with Gasteiger partial charge in [-0.25, -0.2) is 13.1 Å². The van der Waals surface area contributed by atoms with Crippen LogP contribution in [0.4, 0.5) is 0 Å². The maximum absolute atomic E-state index is 12.6. The van der Waals surface area contributed by atoms with Gasteiger partial charge in [0.2, 0.25) is 10.0 Å². The van der Waals surface area contributed by atoms with Crippen LogP contribution in [0.2, 0.25) is 0 Å². The van der Waals surface area contributed by atoms with Gasteiger partial charge in [0.1, 0.15) is 0 Å². The molecule has 2 aliphatic rings. The normalized spacial score (nSPS) is 24.6. The van der Waals surface area contributed by atoms with E-state index in [0.717, 1.165) is 50.0 Å². The largest absolute Gasteiger partial charge is 0.349 e. The Balaban J connectivity index is 1.74. The van der Waals surface area contributed by atoms with Gasteiger partial charge in [-0.1, -0.05) is 13.0 Å². The van der Waals surface area contributed by atoms with Crippen LogP contribution in [0.5, 0.6) is 0 Å². The SMILES string of the molecule is Cc1ccc(S(=O)(=O)NC2CC2)cc1C(=O)NC1CCC(C)CC1. The van der Waals surface area contributed by atoms with Crippen LogP contribution in [0.1, 0.15) is 61.4 Å². The Morgan fingerprint density at radius 3 is 2.29 bits per heavy atom. The van der Waals surface area contributed by atoms with Crippen LogP contribution >= 0.6 is 0 Å². The van der Waals surface area contributed by atoms with Crippen LogP contribution in [0.3, 0.4) is 0 Å². The van der Waals surface area contributed by atoms with Crippen LogP contribution in [0.25, 0.3) is 0 Å². The minimum Gasteiger partial charge on any atom is -0.349 e. The average Bonchev–Trinajstić information content (AvgIpc) is 3.33. The minimum atomic E-state index is -3.54. The van der Waals surface area contributed by atoms with E-state index in [1.54, 1.807) is 12.1 Å². The quantitative estimate of drug-likeness (QED) is 0.857. The van der Waals surface area contributed by atoms with Crippen LogP contribution in [0.15, 0.2) is 23.1 Å². The molecule has 0 spiro atoms. The highest BCUT2D eigenvalue weighted by molar-refractivity contribution is 7.89. The Labute approximate surface area is 144 Å². The van der Waals surface area contributed by atoms with Crippen molar-refractivity contribution in [3.63, 3.8) is 0 Å². The highest BCUT2D eigenvalue weighted by Gasteiger charge is 2.29. The van der Waals surface area contributed by atoms with Crippen molar-refractivity contribution in [3.05, 3.63) is 29.3 Å². The summed E-state index contributed by atoms with van der Waals surface area (Å²) >= 11 is 0. The highest BCUT2D eigenvalue weighted by Crippen LogP contribution is 2.25. The van der Waals surface area contributed by atoms with E-state index >= 15 is 0 Å². The fraction of sp³-hybridized carbons (Fsp3) is 0.611. The first-order chi connectivity index (χ1) is 11.3. The molecule has 1 amide bonds. The molecule has 0 aliphatic heterocycles. The van der Waals surface area contributed by atoms with Gasteiger partial charge in [0.25, 0.3) is 5.91 Å². The Bertz CT molecular complexity index is 718. The summed E-state index contributed by atoms with van der Waals surface area (Å²) in [6.45, 7) is 4.08. The van der Waals surface area contributed by atoms with Gasteiger partial charge in [-0.15, -0.1) is 0 Å². The molecule has 0 atom stereocenters. The molecule has 1 aromatic carbocycles. The van der Waals surface area contributed by atoms with Gasteiger partial charge in [0.05, 0.1) is 4.90 Å². The lowest BCUT2D eigenvalue weighted by Gasteiger charge is -2.27. The van der Waals surface area contributed by atoms with Crippen molar-refractivity contribution >= 4 is 15.9 Å². The lowest BCUT2D eigenvalue weighted by Crippen LogP contribution is -2.37. The predicted octanol–water partition coefficient (Wildman–Crippen LogP) is 2.74. The summed E-state index contributed by atoms with van der Waals surface area (Å²) < 4.78 is 27.4. The van der Waals surface area contributed by atoms with E-state index < -0.39 is 10.0 Å². The Morgan fingerprint density at radius 1 is 1.04 bits per heavy atom. The Kier molecular flexibility index (Phi) is 4.97. The van der Waals surface area contributed by atoms with Gasteiger partial charge in [-0.3, -0.25) is 4.79 Å². The third-order valence-corrected chi connectivity index (χ3v) is 6.53. The van der Waals surface area contributed by atoms with Crippen molar-refractivity contribution < 1.29 is 13.2 Å². The number of aryl methyl sites for hydroxylation is 1. The molecule has 132 valence electrons. The third kappa shape index (κ3) is 4.16. The number of sulfonamides is 1. The van der Waals surface area contributed by atoms with E-state index in [-0.39, 0.29) is 22.9 Å². The molecule has 24 heavy (non-hydrogen) atoms. The molecule has 0 unspecified atom stereocenters. The first-order valence-corrected chi connectivity index (χ1v) is 10.3. The summed E-state index contributed by atoms with van der Waals surface area (Å²) in [7, 11) is -3.54. The number of carbonyl (C=O) groups excluding carboxylic acids is 1. The summed E-state index contributed by atoms with van der Waals surface area (Å²) in [5.74, 6) is 0.553. The zero-order valence-corrected chi connectivity index (χ0v) is 15.2. The van der Waals surface area contributed by atoms with Gasteiger partial charge in [-0.2, -0.15) is 0 Å². The maximum atomic E-state index is 12.6. The third-order valence-electron chi connectivity index (χ3n) is 5.01. The second-order valence-corrected chi connectivity index (χ2v) is 9.02. The molecule has 0 aromatic heterocycles. The van der Waals surface area contributed by atoms with E-state index in [4.69, 9.17) is 0 Å². The van der Waals surface area contributed by atoms with Crippen LogP contribution in [-0.2, 0) is 10.0 Å². The molecule has 0 bridgehead atoms. The first-order valence-electron chi connectivity index (χ1n) is 8.79. The average molecular weight is 350 g/mol.